The fraction of sp³-hybridized carbons (Fsp3) is 0.250. The van der Waals surface area contributed by atoms with E-state index in [9.17, 15) is 33.0 Å². The van der Waals surface area contributed by atoms with Crippen LogP contribution >= 0.6 is 0 Å². The topological polar surface area (TPSA) is 246 Å². The molecule has 2 aliphatic rings. The molecule has 2 heterocycles. The molecule has 0 atom stereocenters. The van der Waals surface area contributed by atoms with E-state index in [1.165, 1.54) is 34.1 Å². The third kappa shape index (κ3) is 9.90. The summed E-state index contributed by atoms with van der Waals surface area (Å²) in [4.78, 5) is 43.1. The number of rotatable bonds is 10. The summed E-state index contributed by atoms with van der Waals surface area (Å²) in [5.74, 6) is -0.785. The van der Waals surface area contributed by atoms with Gasteiger partial charge < -0.3 is 25.7 Å². The number of hydrogen-bond acceptors (Lipinski definition) is 12. The molecule has 17 heteroatoms. The number of aryl methyl sites for hydroxylation is 1. The zero-order valence-electron chi connectivity index (χ0n) is 31.4. The number of hydrogen-bond donors (Lipinski definition) is 4. The molecule has 7 rings (SSSR count). The highest BCUT2D eigenvalue weighted by molar-refractivity contribution is 7.85. The predicted octanol–water partition coefficient (Wildman–Crippen LogP) is 2.86. The molecule has 4 aromatic carbocycles. The molecule has 298 valence electrons. The summed E-state index contributed by atoms with van der Waals surface area (Å²) in [7, 11) is -1.96. The molecule has 16 nitrogen and oxygen atoms in total. The number of fused-ring (bicyclic) bond motifs is 2. The summed E-state index contributed by atoms with van der Waals surface area (Å²) >= 11 is 0. The predicted molar refractivity (Wildman–Crippen MR) is 210 cm³/mol. The van der Waals surface area contributed by atoms with Gasteiger partial charge in [-0.3, -0.25) is 23.8 Å². The van der Waals surface area contributed by atoms with Gasteiger partial charge in [0.15, 0.2) is 11.6 Å². The normalized spacial score (nSPS) is 13.7. The number of carbonyl (C=O) groups is 3. The largest absolute Gasteiger partial charge is 0.496 e. The number of ether oxygens (including phenoxy) is 1. The smallest absolute Gasteiger partial charge is 0.261 e. The Morgan fingerprint density at radius 2 is 1.60 bits per heavy atom. The van der Waals surface area contributed by atoms with Crippen molar-refractivity contribution in [1.82, 2.24) is 25.1 Å². The van der Waals surface area contributed by atoms with Gasteiger partial charge >= 0.3 is 0 Å². The SMILES string of the molecule is COc1cc2c(cc1C)CCN(CCc1ccc(-n3nnc(-c4cc(CO)c(CO)cc4NC(=O)C4=CC(=O)c5ccccc5C4=O)n3)cc1)C2.CS(=O)(=O)O.O. The molecular weight excluding hydrogens is 757 g/mol. The van der Waals surface area contributed by atoms with Gasteiger partial charge in [-0.1, -0.05) is 42.5 Å². The first kappa shape index (κ1) is 42.2. The minimum atomic E-state index is -3.67. The van der Waals surface area contributed by atoms with E-state index in [0.29, 0.717) is 28.6 Å². The number of aromatic nitrogens is 4. The number of ketones is 2. The number of carbonyl (C=O) groups excluding carboxylic acids is 3. The standard InChI is InChI=1S/C39H36N6O6.CH4O3S.H2O/c1-23-15-25-12-14-44(20-26(25)18-36(23)51-2)13-11-24-7-9-29(10-8-24)45-42-38(41-43-45)32-16-27(21-46)28(22-47)17-34(32)40-39(50)33-19-35(48)30-5-3-4-6-31(30)37(33)49;1-5(2,3)4;/h3-10,15-19,46-47H,11-14,20-22H2,1-2H3,(H,40,50);1H3,(H,2,3,4);1H2. The fourth-order valence-electron chi connectivity index (χ4n) is 6.64. The van der Waals surface area contributed by atoms with Gasteiger partial charge in [0.2, 0.25) is 5.82 Å². The Balaban J connectivity index is 0.000000974. The van der Waals surface area contributed by atoms with E-state index >= 15 is 0 Å². The van der Waals surface area contributed by atoms with Crippen LogP contribution in [-0.4, -0.2) is 97.7 Å². The Morgan fingerprint density at radius 1 is 0.930 bits per heavy atom. The van der Waals surface area contributed by atoms with Crippen molar-refractivity contribution in [1.29, 1.82) is 0 Å². The van der Waals surface area contributed by atoms with Crippen LogP contribution < -0.4 is 10.1 Å². The van der Waals surface area contributed by atoms with Crippen molar-refractivity contribution < 1.29 is 47.8 Å². The van der Waals surface area contributed by atoms with Crippen LogP contribution in [0.4, 0.5) is 5.69 Å². The molecule has 0 saturated heterocycles. The van der Waals surface area contributed by atoms with Crippen molar-refractivity contribution in [3.63, 3.8) is 0 Å². The van der Waals surface area contributed by atoms with E-state index < -0.39 is 34.2 Å². The third-order valence-corrected chi connectivity index (χ3v) is 9.48. The first-order valence-electron chi connectivity index (χ1n) is 17.6. The Morgan fingerprint density at radius 3 is 2.26 bits per heavy atom. The van der Waals surface area contributed by atoms with E-state index in [1.807, 2.05) is 24.3 Å². The van der Waals surface area contributed by atoms with Crippen LogP contribution in [-0.2, 0) is 47.5 Å². The Kier molecular flexibility index (Phi) is 13.2. The summed E-state index contributed by atoms with van der Waals surface area (Å²) < 4.78 is 31.4. The quantitative estimate of drug-likeness (QED) is 0.117. The maximum atomic E-state index is 13.4. The minimum absolute atomic E-state index is 0. The highest BCUT2D eigenvalue weighted by atomic mass is 32.2. The monoisotopic (exact) mass is 798 g/mol. The number of Topliss-reactive ketones (excluding diaryl/α,β-unsaturated/α-hetero) is 1. The van der Waals surface area contributed by atoms with Gasteiger partial charge in [-0.15, -0.1) is 15.0 Å². The van der Waals surface area contributed by atoms with Gasteiger partial charge in [-0.25, -0.2) is 0 Å². The lowest BCUT2D eigenvalue weighted by Gasteiger charge is -2.29. The van der Waals surface area contributed by atoms with E-state index in [2.05, 4.69) is 44.7 Å². The number of amides is 1. The zero-order chi connectivity index (χ0) is 40.1. The van der Waals surface area contributed by atoms with E-state index in [1.54, 1.807) is 25.3 Å². The number of tetrazole rings is 1. The van der Waals surface area contributed by atoms with Crippen LogP contribution in [0.1, 0.15) is 54.1 Å². The number of methoxy groups -OCH3 is 1. The lowest BCUT2D eigenvalue weighted by atomic mass is 9.89. The van der Waals surface area contributed by atoms with Crippen LogP contribution in [0.2, 0.25) is 0 Å². The molecule has 57 heavy (non-hydrogen) atoms. The fourth-order valence-corrected chi connectivity index (χ4v) is 6.64. The van der Waals surface area contributed by atoms with Crippen molar-refractivity contribution in [2.24, 2.45) is 0 Å². The average Bonchev–Trinajstić information content (AvgIpc) is 3.68. The number of aliphatic hydroxyl groups is 2. The van der Waals surface area contributed by atoms with Gasteiger partial charge in [0.25, 0.3) is 16.0 Å². The van der Waals surface area contributed by atoms with Gasteiger partial charge in [0.1, 0.15) is 5.75 Å². The average molecular weight is 799 g/mol. The molecule has 1 aliphatic heterocycles. The lowest BCUT2D eigenvalue weighted by molar-refractivity contribution is -0.112. The molecule has 1 amide bonds. The molecule has 1 aromatic heterocycles. The van der Waals surface area contributed by atoms with Crippen LogP contribution in [0.3, 0.4) is 0 Å². The summed E-state index contributed by atoms with van der Waals surface area (Å²) in [5, 5.41) is 35.7. The molecule has 1 aliphatic carbocycles. The second kappa shape index (κ2) is 17.9. The second-order valence-electron chi connectivity index (χ2n) is 13.4. The van der Waals surface area contributed by atoms with Gasteiger partial charge in [0.05, 0.1) is 43.5 Å². The molecule has 0 radical (unpaired) electrons. The molecular formula is C40H42N6O10S. The van der Waals surface area contributed by atoms with Crippen LogP contribution in [0.5, 0.6) is 5.75 Å². The molecule has 5 aromatic rings. The zero-order valence-corrected chi connectivity index (χ0v) is 32.2. The molecule has 0 bridgehead atoms. The van der Waals surface area contributed by atoms with Crippen LogP contribution in [0.15, 0.2) is 84.4 Å². The van der Waals surface area contributed by atoms with Crippen molar-refractivity contribution in [3.05, 3.63) is 129 Å². The number of anilines is 1. The Labute approximate surface area is 328 Å². The van der Waals surface area contributed by atoms with Crippen molar-refractivity contribution in [3.8, 4) is 22.8 Å². The van der Waals surface area contributed by atoms with Crippen molar-refractivity contribution in [2.45, 2.75) is 39.5 Å². The van der Waals surface area contributed by atoms with E-state index in [4.69, 9.17) is 9.29 Å². The summed E-state index contributed by atoms with van der Waals surface area (Å²) in [5.41, 5.74) is 6.98. The first-order chi connectivity index (χ1) is 26.8. The van der Waals surface area contributed by atoms with E-state index in [0.717, 1.165) is 55.4 Å². The summed E-state index contributed by atoms with van der Waals surface area (Å²) in [6.45, 7) is 4.07. The molecule has 0 spiro atoms. The maximum absolute atomic E-state index is 13.4. The maximum Gasteiger partial charge on any atom is 0.261 e. The van der Waals surface area contributed by atoms with Crippen LogP contribution in [0.25, 0.3) is 17.1 Å². The summed E-state index contributed by atoms with van der Waals surface area (Å²) in [6, 6.07) is 21.6. The Hall–Kier alpha value is -5.95. The van der Waals surface area contributed by atoms with Gasteiger partial charge in [0, 0.05) is 42.4 Å². The van der Waals surface area contributed by atoms with Gasteiger partial charge in [-0.2, -0.15) is 8.42 Å². The lowest BCUT2D eigenvalue weighted by Crippen LogP contribution is -2.32. The highest BCUT2D eigenvalue weighted by Crippen LogP contribution is 2.32. The summed E-state index contributed by atoms with van der Waals surface area (Å²) in [6.07, 6.45) is 3.62. The van der Waals surface area contributed by atoms with Crippen LogP contribution in [0, 0.1) is 6.92 Å². The van der Waals surface area contributed by atoms with Crippen molar-refractivity contribution >= 4 is 33.3 Å². The number of nitrogens with one attached hydrogen (secondary N) is 1. The molecule has 0 fully saturated rings. The van der Waals surface area contributed by atoms with E-state index in [-0.39, 0.29) is 40.3 Å². The van der Waals surface area contributed by atoms with Gasteiger partial charge in [-0.05, 0) is 88.7 Å². The Bertz CT molecular complexity index is 2460. The first-order valence-corrected chi connectivity index (χ1v) is 19.4. The number of benzene rings is 4. The number of nitrogens with zero attached hydrogens (tertiary/aromatic N) is 5. The number of allylic oxidation sites excluding steroid dienone is 1. The minimum Gasteiger partial charge on any atom is -0.496 e. The highest BCUT2D eigenvalue weighted by Gasteiger charge is 2.30. The second-order valence-corrected chi connectivity index (χ2v) is 14.9. The molecule has 0 saturated carbocycles. The van der Waals surface area contributed by atoms with Crippen molar-refractivity contribution in [2.75, 3.05) is 31.8 Å². The molecule has 0 unspecified atom stereocenters. The molecule has 6 N–H and O–H groups in total. The third-order valence-electron chi connectivity index (χ3n) is 9.48. The number of aliphatic hydroxyl groups excluding tert-OH is 2.